The van der Waals surface area contributed by atoms with Crippen LogP contribution in [-0.2, 0) is 60.7 Å². The number of carbonyl (C=O) groups is 8. The standard InChI is InChI=1S/C28H45N5O11.C25H38N4O9.2Gd/c1-2-42-11-12-43-13-14-44-24-4-3-22(29-16-24)15-23-17-32(20-27(38)39)8-7-30(18-25(34)35)5-6-31(19-26(36)37)9-10-33(23)21-28(40)41;1-2-38-21-5-3-19(4-6-21)13-20-14-28(17-24(34)35)10-9-26(15-22(30)31)7-8-27(16-23(32)33)11-12-29(20)18-25(36)37;;/h3-4,16,23H,2,5-15,17-21H2,1H3,(H,34,35)(H,36,37)(H,38,39)(H,40,41);3-6,20H,2,7-18H2,1H3,(H,30,31)(H,32,33)(H,34,35)(H,36,37);;/q;;2*+3/p-6/t23-;;;/m0.../s1. The van der Waals surface area contributed by atoms with Gasteiger partial charge < -0.3 is 88.6 Å². The molecule has 2 N–H and O–H groups in total. The summed E-state index contributed by atoms with van der Waals surface area (Å²) in [5.41, 5.74) is 1.45. The van der Waals surface area contributed by atoms with Crippen molar-refractivity contribution in [3.8, 4) is 11.5 Å². The van der Waals surface area contributed by atoms with E-state index >= 15 is 0 Å². The Kier molecular flexibility index (Phi) is 41.2. The van der Waals surface area contributed by atoms with Gasteiger partial charge in [-0.3, -0.25) is 53.8 Å². The molecule has 0 amide bonds. The number of hydrogen-bond donors (Lipinski definition) is 2. The number of pyridine rings is 1. The largest absolute Gasteiger partial charge is 3.00 e. The predicted molar refractivity (Wildman–Crippen MR) is 277 cm³/mol. The summed E-state index contributed by atoms with van der Waals surface area (Å²) in [6.07, 6.45) is 2.11. The minimum atomic E-state index is -1.35. The van der Waals surface area contributed by atoms with Crippen molar-refractivity contribution in [2.24, 2.45) is 0 Å². The summed E-state index contributed by atoms with van der Waals surface area (Å²) in [5, 5.41) is 87.9. The molecule has 2 aliphatic heterocycles. The molecule has 2 saturated heterocycles. The molecule has 1 aromatic carbocycles. The number of rotatable bonds is 30. The molecule has 0 spiro atoms. The molecule has 470 valence electrons. The van der Waals surface area contributed by atoms with Crippen molar-refractivity contribution in [2.75, 3.05) is 184 Å². The van der Waals surface area contributed by atoms with Gasteiger partial charge in [0.25, 0.3) is 0 Å². The first-order valence-electron chi connectivity index (χ1n) is 27.0. The molecule has 29 nitrogen and oxygen atoms in total. The second-order valence-corrected chi connectivity index (χ2v) is 19.5. The van der Waals surface area contributed by atoms with Gasteiger partial charge in [0.2, 0.25) is 0 Å². The Morgan fingerprint density at radius 3 is 1.20 bits per heavy atom. The summed E-state index contributed by atoms with van der Waals surface area (Å²) < 4.78 is 21.8. The summed E-state index contributed by atoms with van der Waals surface area (Å²) >= 11 is 0. The number of benzene rings is 1. The molecular formula is C53H77Gd2N9O20. The Bertz CT molecular complexity index is 2280. The second-order valence-electron chi connectivity index (χ2n) is 19.5. The van der Waals surface area contributed by atoms with Crippen LogP contribution in [0.4, 0.5) is 0 Å². The maximum absolute atomic E-state index is 11.8. The molecule has 2 radical (unpaired) electrons. The minimum absolute atomic E-state index is 0. The zero-order valence-electron chi connectivity index (χ0n) is 47.4. The first kappa shape index (κ1) is 78.0. The van der Waals surface area contributed by atoms with Gasteiger partial charge in [-0.05, 0) is 50.1 Å². The molecule has 2 fully saturated rings. The Morgan fingerprint density at radius 2 is 0.810 bits per heavy atom. The third-order valence-electron chi connectivity index (χ3n) is 13.1. The van der Waals surface area contributed by atoms with E-state index in [-0.39, 0.29) is 191 Å². The van der Waals surface area contributed by atoms with E-state index in [1.807, 2.05) is 26.0 Å². The fourth-order valence-electron chi connectivity index (χ4n) is 9.26. The van der Waals surface area contributed by atoms with E-state index < -0.39 is 99.1 Å². The van der Waals surface area contributed by atoms with Crippen molar-refractivity contribution in [1.29, 1.82) is 0 Å². The third-order valence-corrected chi connectivity index (χ3v) is 13.1. The van der Waals surface area contributed by atoms with Crippen LogP contribution in [0.15, 0.2) is 42.6 Å². The number of carbonyl (C=O) groups excluding carboxylic acids is 6. The van der Waals surface area contributed by atoms with Crippen molar-refractivity contribution in [3.63, 3.8) is 0 Å². The van der Waals surface area contributed by atoms with Crippen LogP contribution in [-0.4, -0.2) is 298 Å². The van der Waals surface area contributed by atoms with Gasteiger partial charge in [0.05, 0.1) is 81.5 Å². The summed E-state index contributed by atoms with van der Waals surface area (Å²) in [6.45, 7) is 5.51. The fraction of sp³-hybridized carbons (Fsp3) is 0.642. The zero-order valence-corrected chi connectivity index (χ0v) is 51.9. The molecule has 84 heavy (non-hydrogen) atoms. The molecule has 2 atom stereocenters. The summed E-state index contributed by atoms with van der Waals surface area (Å²) in [6, 6.07) is 9.66. The third kappa shape index (κ3) is 35.6. The molecule has 0 bridgehead atoms. The Labute approximate surface area is 553 Å². The molecule has 2 aliphatic rings. The first-order chi connectivity index (χ1) is 39.1. The SMILES string of the molecule is CCOCCOCCOc1ccc(C[C@H]2CN(CC(=O)[O-])CCN(CC(=O)[O-])CCN(CC(=O)O)CCN2CC(=O)[O-])nc1.CCOc1ccc(CC2CN(CC(=O)[O-])CCN(CC(=O)[O-])CCN(CC(=O)O)CCN2CC(=O)[O-])cc1.[Gd+3].[Gd+3]. The molecule has 1 aromatic heterocycles. The van der Waals surface area contributed by atoms with E-state index in [1.165, 1.54) is 6.20 Å². The fourth-order valence-corrected chi connectivity index (χ4v) is 9.26. The van der Waals surface area contributed by atoms with Crippen molar-refractivity contribution in [2.45, 2.75) is 38.8 Å². The number of aromatic nitrogens is 1. The number of nitrogens with zero attached hydrogens (tertiary/aromatic N) is 9. The maximum Gasteiger partial charge on any atom is 3.00 e. The van der Waals surface area contributed by atoms with E-state index in [0.29, 0.717) is 63.3 Å². The monoisotopic (exact) mass is 1480 g/mol. The van der Waals surface area contributed by atoms with Crippen molar-refractivity contribution in [3.05, 3.63) is 53.9 Å². The summed E-state index contributed by atoms with van der Waals surface area (Å²) in [5.74, 6) is -8.92. The molecule has 0 saturated carbocycles. The molecule has 4 rings (SSSR count). The van der Waals surface area contributed by atoms with Crippen LogP contribution in [0.5, 0.6) is 11.5 Å². The number of hydrogen-bond acceptors (Lipinski definition) is 27. The van der Waals surface area contributed by atoms with Crippen LogP contribution >= 0.6 is 0 Å². The molecule has 2 aromatic rings. The number of aliphatic carboxylic acids is 8. The van der Waals surface area contributed by atoms with Gasteiger partial charge in [-0.25, -0.2) is 0 Å². The van der Waals surface area contributed by atoms with E-state index in [9.17, 15) is 79.2 Å². The van der Waals surface area contributed by atoms with E-state index in [2.05, 4.69) is 4.98 Å². The van der Waals surface area contributed by atoms with Crippen LogP contribution in [0.25, 0.3) is 0 Å². The van der Waals surface area contributed by atoms with Gasteiger partial charge >= 0.3 is 91.8 Å². The Hall–Kier alpha value is -4.02. The zero-order chi connectivity index (χ0) is 60.4. The van der Waals surface area contributed by atoms with Gasteiger partial charge in [0.15, 0.2) is 0 Å². The molecule has 0 aliphatic carbocycles. The predicted octanol–water partition coefficient (Wildman–Crippen LogP) is -9.47. The van der Waals surface area contributed by atoms with Crippen LogP contribution in [0.2, 0.25) is 0 Å². The second kappa shape index (κ2) is 44.4. The van der Waals surface area contributed by atoms with Gasteiger partial charge in [0.1, 0.15) is 18.1 Å². The van der Waals surface area contributed by atoms with Crippen molar-refractivity contribution in [1.82, 2.24) is 44.2 Å². The average Bonchev–Trinajstić information content (AvgIpc) is 3.39. The molecule has 31 heteroatoms. The summed E-state index contributed by atoms with van der Waals surface area (Å²) in [4.78, 5) is 109. The van der Waals surface area contributed by atoms with E-state index in [4.69, 9.17) is 18.9 Å². The smallest absolute Gasteiger partial charge is 0.549 e. The molecule has 3 heterocycles. The van der Waals surface area contributed by atoms with Crippen molar-refractivity contribution < 1.29 is 178 Å². The number of carboxylic acids is 8. The number of carboxylic acid groups (broad SMARTS) is 8. The van der Waals surface area contributed by atoms with E-state index in [1.54, 1.807) is 63.5 Å². The van der Waals surface area contributed by atoms with Crippen LogP contribution in [0.1, 0.15) is 25.1 Å². The molecular weight excluding hydrogens is 1400 g/mol. The van der Waals surface area contributed by atoms with Crippen molar-refractivity contribution >= 4 is 47.8 Å². The topological polar surface area (TPSA) is 391 Å². The van der Waals surface area contributed by atoms with Gasteiger partial charge in [0, 0.05) is 162 Å². The van der Waals surface area contributed by atoms with Crippen LogP contribution in [0, 0.1) is 79.9 Å². The normalized spacial score (nSPS) is 18.3. The van der Waals surface area contributed by atoms with Crippen LogP contribution < -0.4 is 40.1 Å². The van der Waals surface area contributed by atoms with Gasteiger partial charge in [-0.2, -0.15) is 0 Å². The summed E-state index contributed by atoms with van der Waals surface area (Å²) in [7, 11) is 0. The van der Waals surface area contributed by atoms with Crippen LogP contribution in [0.3, 0.4) is 0 Å². The van der Waals surface area contributed by atoms with Gasteiger partial charge in [-0.15, -0.1) is 0 Å². The van der Waals surface area contributed by atoms with Gasteiger partial charge in [-0.1, -0.05) is 12.1 Å². The van der Waals surface area contributed by atoms with E-state index in [0.717, 1.165) is 5.56 Å². The average molecular weight is 1470 g/mol. The quantitative estimate of drug-likeness (QED) is 0.0686. The number of ether oxygens (including phenoxy) is 4. The first-order valence-corrected chi connectivity index (χ1v) is 27.0. The Morgan fingerprint density at radius 1 is 0.440 bits per heavy atom. The minimum Gasteiger partial charge on any atom is -0.549 e. The Balaban J connectivity index is 0.000000829. The maximum atomic E-state index is 11.8. The molecule has 1 unspecified atom stereocenters.